The second-order valence-corrected chi connectivity index (χ2v) is 4.94. The largest absolute Gasteiger partial charge is 0.481 e. The predicted molar refractivity (Wildman–Crippen MR) is 61.9 cm³/mol. The average molecular weight is 269 g/mol. The molecule has 0 bridgehead atoms. The minimum atomic E-state index is -0.690. The molecule has 15 heavy (non-hydrogen) atoms. The molecule has 0 saturated carbocycles. The Morgan fingerprint density at radius 2 is 2.27 bits per heavy atom. The molecule has 0 radical (unpaired) electrons. The molecule has 0 aliphatic heterocycles. The summed E-state index contributed by atoms with van der Waals surface area (Å²) in [5.74, 6) is -0.181. The van der Waals surface area contributed by atoms with Gasteiger partial charge in [-0.1, -0.05) is 28.1 Å². The summed E-state index contributed by atoms with van der Waals surface area (Å²) in [6, 6.07) is 6.24. The lowest BCUT2D eigenvalue weighted by Crippen LogP contribution is -2.04. The van der Waals surface area contributed by atoms with Gasteiger partial charge in [0, 0.05) is 10.9 Å². The highest BCUT2D eigenvalue weighted by molar-refractivity contribution is 9.10. The fraction of sp³-hybridized carbons (Fsp3) is 0.417. The van der Waals surface area contributed by atoms with Crippen molar-refractivity contribution in [2.75, 3.05) is 0 Å². The van der Waals surface area contributed by atoms with Crippen LogP contribution in [0, 0.1) is 5.92 Å². The number of aliphatic carboxylic acids is 1. The number of carboxylic acid groups (broad SMARTS) is 1. The SMILES string of the molecule is O=C(O)CCC1Cc2cccc(Br)c2C1. The van der Waals surface area contributed by atoms with Gasteiger partial charge >= 0.3 is 5.97 Å². The maximum Gasteiger partial charge on any atom is 0.303 e. The van der Waals surface area contributed by atoms with Gasteiger partial charge in [-0.3, -0.25) is 4.79 Å². The van der Waals surface area contributed by atoms with E-state index in [1.54, 1.807) is 0 Å². The third-order valence-corrected chi connectivity index (χ3v) is 3.73. The molecule has 2 nitrogen and oxygen atoms in total. The minimum absolute atomic E-state index is 0.288. The van der Waals surface area contributed by atoms with Gasteiger partial charge in [0.25, 0.3) is 0 Å². The number of halogens is 1. The highest BCUT2D eigenvalue weighted by Crippen LogP contribution is 2.34. The van der Waals surface area contributed by atoms with E-state index < -0.39 is 5.97 Å². The zero-order chi connectivity index (χ0) is 10.8. The van der Waals surface area contributed by atoms with Crippen molar-refractivity contribution in [1.82, 2.24) is 0 Å². The van der Waals surface area contributed by atoms with Crippen molar-refractivity contribution >= 4 is 21.9 Å². The summed E-state index contributed by atoms with van der Waals surface area (Å²) in [4.78, 5) is 10.5. The Kier molecular flexibility index (Phi) is 3.10. The Balaban J connectivity index is 2.03. The standard InChI is InChI=1S/C12H13BrO2/c13-11-3-1-2-9-6-8(7-10(9)11)4-5-12(14)15/h1-3,8H,4-7H2,(H,14,15). The molecule has 2 rings (SSSR count). The summed E-state index contributed by atoms with van der Waals surface area (Å²) in [6.45, 7) is 0. The van der Waals surface area contributed by atoms with E-state index in [0.717, 1.165) is 23.7 Å². The third-order valence-electron chi connectivity index (χ3n) is 2.98. The van der Waals surface area contributed by atoms with E-state index in [2.05, 4.69) is 28.1 Å². The van der Waals surface area contributed by atoms with Crippen molar-refractivity contribution in [2.24, 2.45) is 5.92 Å². The number of hydrogen-bond donors (Lipinski definition) is 1. The molecule has 0 aromatic heterocycles. The van der Waals surface area contributed by atoms with E-state index in [1.165, 1.54) is 11.1 Å². The van der Waals surface area contributed by atoms with Crippen LogP contribution in [0.2, 0.25) is 0 Å². The second-order valence-electron chi connectivity index (χ2n) is 4.08. The van der Waals surface area contributed by atoms with Crippen LogP contribution in [0.1, 0.15) is 24.0 Å². The van der Waals surface area contributed by atoms with E-state index in [4.69, 9.17) is 5.11 Å². The lowest BCUT2D eigenvalue weighted by molar-refractivity contribution is -0.137. The predicted octanol–water partition coefficient (Wildman–Crippen LogP) is 3.03. The Morgan fingerprint density at radius 3 is 2.93 bits per heavy atom. The van der Waals surface area contributed by atoms with Gasteiger partial charge in [-0.05, 0) is 42.4 Å². The molecule has 1 aliphatic rings. The summed E-state index contributed by atoms with van der Waals surface area (Å²) < 4.78 is 1.16. The van der Waals surface area contributed by atoms with E-state index in [-0.39, 0.29) is 6.42 Å². The maximum absolute atomic E-state index is 10.5. The van der Waals surface area contributed by atoms with Gasteiger partial charge in [-0.2, -0.15) is 0 Å². The number of hydrogen-bond acceptors (Lipinski definition) is 1. The van der Waals surface area contributed by atoms with Gasteiger partial charge < -0.3 is 5.11 Å². The molecule has 0 amide bonds. The van der Waals surface area contributed by atoms with Gasteiger partial charge in [0.05, 0.1) is 0 Å². The van der Waals surface area contributed by atoms with E-state index >= 15 is 0 Å². The lowest BCUT2D eigenvalue weighted by Gasteiger charge is -2.05. The Morgan fingerprint density at radius 1 is 1.47 bits per heavy atom. The zero-order valence-electron chi connectivity index (χ0n) is 8.37. The summed E-state index contributed by atoms with van der Waals surface area (Å²) in [7, 11) is 0. The Labute approximate surface area is 97.4 Å². The smallest absolute Gasteiger partial charge is 0.303 e. The number of carbonyl (C=O) groups is 1. The van der Waals surface area contributed by atoms with Crippen molar-refractivity contribution in [1.29, 1.82) is 0 Å². The van der Waals surface area contributed by atoms with E-state index in [9.17, 15) is 4.79 Å². The van der Waals surface area contributed by atoms with Gasteiger partial charge in [-0.15, -0.1) is 0 Å². The van der Waals surface area contributed by atoms with Crippen LogP contribution in [-0.2, 0) is 17.6 Å². The third kappa shape index (κ3) is 2.40. The first-order valence-electron chi connectivity index (χ1n) is 5.15. The summed E-state index contributed by atoms with van der Waals surface area (Å²) in [5, 5.41) is 8.64. The van der Waals surface area contributed by atoms with Gasteiger partial charge in [0.2, 0.25) is 0 Å². The Hall–Kier alpha value is -0.830. The average Bonchev–Trinajstić information content (AvgIpc) is 2.59. The molecule has 0 fully saturated rings. The maximum atomic E-state index is 10.5. The molecular formula is C12H13BrO2. The molecule has 1 atom stereocenters. The summed E-state index contributed by atoms with van der Waals surface area (Å²) in [5.41, 5.74) is 2.74. The van der Waals surface area contributed by atoms with E-state index in [1.807, 2.05) is 6.07 Å². The molecule has 1 aromatic carbocycles. The molecule has 1 aromatic rings. The van der Waals surface area contributed by atoms with Crippen LogP contribution in [0.25, 0.3) is 0 Å². The lowest BCUT2D eigenvalue weighted by atomic mass is 10.0. The zero-order valence-corrected chi connectivity index (χ0v) is 9.96. The number of rotatable bonds is 3. The number of benzene rings is 1. The fourth-order valence-electron chi connectivity index (χ4n) is 2.23. The van der Waals surface area contributed by atoms with Crippen molar-refractivity contribution in [2.45, 2.75) is 25.7 Å². The van der Waals surface area contributed by atoms with Crippen molar-refractivity contribution < 1.29 is 9.90 Å². The van der Waals surface area contributed by atoms with Gasteiger partial charge in [0.15, 0.2) is 0 Å². The number of carboxylic acids is 1. The molecule has 0 saturated heterocycles. The van der Waals surface area contributed by atoms with Crippen LogP contribution in [0.15, 0.2) is 22.7 Å². The van der Waals surface area contributed by atoms with Gasteiger partial charge in [-0.25, -0.2) is 0 Å². The first-order valence-corrected chi connectivity index (χ1v) is 5.94. The minimum Gasteiger partial charge on any atom is -0.481 e. The monoisotopic (exact) mass is 268 g/mol. The Bertz CT molecular complexity index is 387. The van der Waals surface area contributed by atoms with Crippen molar-refractivity contribution in [3.8, 4) is 0 Å². The van der Waals surface area contributed by atoms with Crippen LogP contribution in [0.3, 0.4) is 0 Å². The van der Waals surface area contributed by atoms with Crippen LogP contribution in [0.4, 0.5) is 0 Å². The van der Waals surface area contributed by atoms with Gasteiger partial charge in [0.1, 0.15) is 0 Å². The molecule has 1 N–H and O–H groups in total. The topological polar surface area (TPSA) is 37.3 Å². The molecule has 1 aliphatic carbocycles. The normalized spacial score (nSPS) is 18.9. The van der Waals surface area contributed by atoms with Crippen LogP contribution in [0.5, 0.6) is 0 Å². The summed E-state index contributed by atoms with van der Waals surface area (Å²) >= 11 is 3.54. The number of fused-ring (bicyclic) bond motifs is 1. The molecule has 0 heterocycles. The van der Waals surface area contributed by atoms with Crippen LogP contribution < -0.4 is 0 Å². The first-order chi connectivity index (χ1) is 7.16. The van der Waals surface area contributed by atoms with Crippen LogP contribution >= 0.6 is 15.9 Å². The van der Waals surface area contributed by atoms with E-state index in [0.29, 0.717) is 5.92 Å². The first kappa shape index (κ1) is 10.7. The highest BCUT2D eigenvalue weighted by Gasteiger charge is 2.23. The fourth-order valence-corrected chi connectivity index (χ4v) is 2.80. The summed E-state index contributed by atoms with van der Waals surface area (Å²) in [6.07, 6.45) is 3.12. The molecule has 1 unspecified atom stereocenters. The highest BCUT2D eigenvalue weighted by atomic mass is 79.9. The second kappa shape index (κ2) is 4.35. The van der Waals surface area contributed by atoms with Crippen molar-refractivity contribution in [3.63, 3.8) is 0 Å². The molecule has 0 spiro atoms. The van der Waals surface area contributed by atoms with Crippen molar-refractivity contribution in [3.05, 3.63) is 33.8 Å². The molecule has 80 valence electrons. The quantitative estimate of drug-likeness (QED) is 0.915. The molecular weight excluding hydrogens is 256 g/mol. The molecule has 3 heteroatoms. The van der Waals surface area contributed by atoms with Crippen LogP contribution in [-0.4, -0.2) is 11.1 Å².